The van der Waals surface area contributed by atoms with Crippen molar-refractivity contribution in [3.63, 3.8) is 0 Å². The van der Waals surface area contributed by atoms with Gasteiger partial charge in [-0.1, -0.05) is 0 Å². The Morgan fingerprint density at radius 3 is 2.55 bits per heavy atom. The Labute approximate surface area is 219 Å². The van der Waals surface area contributed by atoms with Crippen molar-refractivity contribution < 1.29 is 37.3 Å². The van der Waals surface area contributed by atoms with Gasteiger partial charge in [-0.25, -0.2) is 4.79 Å². The molecule has 0 radical (unpaired) electrons. The number of aromatic nitrogens is 2. The summed E-state index contributed by atoms with van der Waals surface area (Å²) in [5, 5.41) is 19.5. The average molecular weight is 539 g/mol. The second-order valence-corrected chi connectivity index (χ2v) is 10.6. The number of aryl methyl sites for hydroxylation is 1. The molecule has 0 bridgehead atoms. The summed E-state index contributed by atoms with van der Waals surface area (Å²) in [5.41, 5.74) is 0.498. The first-order valence-electron chi connectivity index (χ1n) is 12.4. The molecule has 1 N–H and O–H groups in total. The number of hydrogen-bond acceptors (Lipinski definition) is 8. The number of nitrogens with zero attached hydrogens (tertiary/aromatic N) is 4. The Morgan fingerprint density at radius 2 is 1.89 bits per heavy atom. The number of likely N-dealkylation sites (tertiary alicyclic amines) is 1. The van der Waals surface area contributed by atoms with Crippen molar-refractivity contribution in [1.29, 1.82) is 0 Å². The number of carbonyl (C=O) groups excluding carboxylic acids is 1. The maximum Gasteiger partial charge on any atom is 0.416 e. The van der Waals surface area contributed by atoms with E-state index >= 15 is 0 Å². The van der Waals surface area contributed by atoms with Crippen LogP contribution >= 0.6 is 0 Å². The van der Waals surface area contributed by atoms with Gasteiger partial charge in [-0.2, -0.15) is 13.2 Å². The number of benzene rings is 1. The molecule has 38 heavy (non-hydrogen) atoms. The molecule has 2 aliphatic heterocycles. The molecule has 2 aromatic rings. The minimum atomic E-state index is -4.54. The van der Waals surface area contributed by atoms with Crippen molar-refractivity contribution in [3.05, 3.63) is 34.9 Å². The Hall–Kier alpha value is -3.12. The molecule has 1 saturated heterocycles. The second-order valence-electron chi connectivity index (χ2n) is 10.6. The Balaban J connectivity index is 1.62. The number of rotatable bonds is 5. The van der Waals surface area contributed by atoms with Crippen LogP contribution in [-0.4, -0.2) is 77.6 Å². The Kier molecular flexibility index (Phi) is 7.76. The first-order chi connectivity index (χ1) is 17.8. The van der Waals surface area contributed by atoms with Crippen molar-refractivity contribution in [2.24, 2.45) is 0 Å². The quantitative estimate of drug-likeness (QED) is 0.567. The predicted octanol–water partition coefficient (Wildman–Crippen LogP) is 4.19. The zero-order valence-electron chi connectivity index (χ0n) is 22.1. The van der Waals surface area contributed by atoms with Gasteiger partial charge >= 0.3 is 12.3 Å². The third-order valence-electron chi connectivity index (χ3n) is 6.56. The Bertz CT molecular complexity index is 1180. The number of carbonyl (C=O) groups is 1. The summed E-state index contributed by atoms with van der Waals surface area (Å²) in [5.74, 6) is 0.576. The number of ether oxygens (including phenoxy) is 3. The van der Waals surface area contributed by atoms with E-state index in [0.29, 0.717) is 48.6 Å². The second kappa shape index (κ2) is 10.6. The first kappa shape index (κ1) is 27.9. The lowest BCUT2D eigenvalue weighted by Gasteiger charge is -2.41. The van der Waals surface area contributed by atoms with Gasteiger partial charge in [0, 0.05) is 37.9 Å². The van der Waals surface area contributed by atoms with Gasteiger partial charge in [-0.05, 0) is 64.3 Å². The smallest absolute Gasteiger partial charge is 0.416 e. The van der Waals surface area contributed by atoms with Gasteiger partial charge in [0.15, 0.2) is 12.6 Å². The molecule has 2 aliphatic rings. The molecule has 0 unspecified atom stereocenters. The highest BCUT2D eigenvalue weighted by Crippen LogP contribution is 2.40. The van der Waals surface area contributed by atoms with Gasteiger partial charge in [0.25, 0.3) is 0 Å². The van der Waals surface area contributed by atoms with E-state index in [-0.39, 0.29) is 19.1 Å². The lowest BCUT2D eigenvalue weighted by molar-refractivity contribution is -0.137. The fourth-order valence-electron chi connectivity index (χ4n) is 4.84. The van der Waals surface area contributed by atoms with Crippen molar-refractivity contribution >= 4 is 11.9 Å². The molecule has 1 fully saturated rings. The summed E-state index contributed by atoms with van der Waals surface area (Å²) in [6.45, 7) is 7.94. The molecule has 1 amide bonds. The van der Waals surface area contributed by atoms with Crippen LogP contribution in [-0.2, 0) is 22.1 Å². The van der Waals surface area contributed by atoms with Gasteiger partial charge in [-0.15, -0.1) is 10.2 Å². The van der Waals surface area contributed by atoms with Crippen LogP contribution in [0.1, 0.15) is 43.9 Å². The third-order valence-corrected chi connectivity index (χ3v) is 6.56. The van der Waals surface area contributed by atoms with E-state index in [9.17, 15) is 23.1 Å². The molecule has 12 heteroatoms. The van der Waals surface area contributed by atoms with Gasteiger partial charge < -0.3 is 29.1 Å². The molecule has 2 atom stereocenters. The summed E-state index contributed by atoms with van der Waals surface area (Å²) in [6.07, 6.45) is -4.65. The number of anilines is 1. The number of piperidine rings is 1. The molecule has 4 rings (SSSR count). The van der Waals surface area contributed by atoms with E-state index in [1.807, 2.05) is 4.90 Å². The van der Waals surface area contributed by atoms with Gasteiger partial charge in [0.2, 0.25) is 0 Å². The fraction of sp³-hybridized carbons (Fsp3) is 0.577. The maximum absolute atomic E-state index is 13.4. The lowest BCUT2D eigenvalue weighted by Crippen LogP contribution is -2.57. The molecule has 9 nitrogen and oxygen atoms in total. The van der Waals surface area contributed by atoms with Crippen LogP contribution in [0.15, 0.2) is 18.2 Å². The number of aliphatic hydroxyl groups excluding tert-OH is 1. The standard InChI is InChI=1S/C26H33F3N4O5/c1-15-10-17(26(27,28)29)12-21(37-14-36-5)22(15)18-11-16-6-9-33(23(16)31-30-18)19-13-32(8-7-20(19)34)24(35)38-25(2,3)4/h10-12,19-20,34H,6-9,13-14H2,1-5H3/t19-,20+/m0/s1. The van der Waals surface area contributed by atoms with Crippen LogP contribution in [0.5, 0.6) is 5.75 Å². The van der Waals surface area contributed by atoms with Crippen LogP contribution in [0.25, 0.3) is 11.3 Å². The zero-order valence-corrected chi connectivity index (χ0v) is 22.1. The van der Waals surface area contributed by atoms with Crippen molar-refractivity contribution in [2.75, 3.05) is 38.4 Å². The number of fused-ring (bicyclic) bond motifs is 1. The number of hydrogen-bond donors (Lipinski definition) is 1. The molecule has 3 heterocycles. The lowest BCUT2D eigenvalue weighted by atomic mass is 9.99. The van der Waals surface area contributed by atoms with Crippen LogP contribution in [0.4, 0.5) is 23.8 Å². The van der Waals surface area contributed by atoms with E-state index in [1.165, 1.54) is 7.11 Å². The highest BCUT2D eigenvalue weighted by molar-refractivity contribution is 5.74. The molecule has 0 spiro atoms. The van der Waals surface area contributed by atoms with Gasteiger partial charge in [0.05, 0.1) is 23.4 Å². The SMILES string of the molecule is COCOc1cc(C(F)(F)F)cc(C)c1-c1cc2c(nn1)N([C@H]1CN(C(=O)OC(C)(C)C)CC[C@H]1O)CC2. The third kappa shape index (κ3) is 5.96. The number of alkyl halides is 3. The highest BCUT2D eigenvalue weighted by atomic mass is 19.4. The number of amides is 1. The summed E-state index contributed by atoms with van der Waals surface area (Å²) in [4.78, 5) is 16.2. The van der Waals surface area contributed by atoms with E-state index in [2.05, 4.69) is 10.2 Å². The van der Waals surface area contributed by atoms with Gasteiger partial charge in [-0.3, -0.25) is 0 Å². The van der Waals surface area contributed by atoms with Crippen LogP contribution in [0, 0.1) is 6.92 Å². The molecular formula is C26H33F3N4O5. The topological polar surface area (TPSA) is 97.3 Å². The zero-order chi connectivity index (χ0) is 27.8. The maximum atomic E-state index is 13.4. The molecule has 208 valence electrons. The van der Waals surface area contributed by atoms with E-state index in [0.717, 1.165) is 17.7 Å². The molecule has 1 aromatic carbocycles. The van der Waals surface area contributed by atoms with Crippen molar-refractivity contribution in [2.45, 2.75) is 64.5 Å². The number of aliphatic hydroxyl groups is 1. The summed E-state index contributed by atoms with van der Waals surface area (Å²) in [7, 11) is 1.38. The first-order valence-corrected chi connectivity index (χ1v) is 12.4. The van der Waals surface area contributed by atoms with Gasteiger partial charge in [0.1, 0.15) is 11.4 Å². The highest BCUT2D eigenvalue weighted by Gasteiger charge is 2.39. The predicted molar refractivity (Wildman–Crippen MR) is 133 cm³/mol. The minimum Gasteiger partial charge on any atom is -0.467 e. The Morgan fingerprint density at radius 1 is 1.16 bits per heavy atom. The summed E-state index contributed by atoms with van der Waals surface area (Å²) >= 11 is 0. The molecule has 0 saturated carbocycles. The summed E-state index contributed by atoms with van der Waals surface area (Å²) in [6, 6.07) is 3.39. The van der Waals surface area contributed by atoms with E-state index in [4.69, 9.17) is 14.2 Å². The van der Waals surface area contributed by atoms with Crippen molar-refractivity contribution in [1.82, 2.24) is 15.1 Å². The number of halogens is 3. The largest absolute Gasteiger partial charge is 0.467 e. The monoisotopic (exact) mass is 538 g/mol. The van der Waals surface area contributed by atoms with Crippen LogP contribution < -0.4 is 9.64 Å². The average Bonchev–Trinajstić information content (AvgIpc) is 3.24. The van der Waals surface area contributed by atoms with E-state index in [1.54, 1.807) is 38.7 Å². The summed E-state index contributed by atoms with van der Waals surface area (Å²) < 4.78 is 56.2. The molecule has 0 aliphatic carbocycles. The van der Waals surface area contributed by atoms with Crippen molar-refractivity contribution in [3.8, 4) is 17.0 Å². The van der Waals surface area contributed by atoms with Crippen LogP contribution in [0.2, 0.25) is 0 Å². The van der Waals surface area contributed by atoms with E-state index < -0.39 is 35.6 Å². The minimum absolute atomic E-state index is 0.000941. The fourth-order valence-corrected chi connectivity index (χ4v) is 4.84. The number of methoxy groups -OCH3 is 1. The van der Waals surface area contributed by atoms with Crippen LogP contribution in [0.3, 0.4) is 0 Å². The molecular weight excluding hydrogens is 505 g/mol. The molecule has 1 aromatic heterocycles. The normalized spacial score (nSPS) is 19.9.